The normalized spacial score (nSPS) is 15.3. The Morgan fingerprint density at radius 1 is 1.83 bits per heavy atom. The van der Waals surface area contributed by atoms with Gasteiger partial charge in [-0.2, -0.15) is 0 Å². The number of ether oxygens (including phenoxy) is 1. The highest BCUT2D eigenvalue weighted by atomic mass is 79.9. The lowest BCUT2D eigenvalue weighted by Gasteiger charge is -2.15. The van der Waals surface area contributed by atoms with Gasteiger partial charge in [-0.1, -0.05) is 25.3 Å². The smallest absolute Gasteiger partial charge is 0.323 e. The minimum atomic E-state index is -0.540. The van der Waals surface area contributed by atoms with E-state index in [9.17, 15) is 9.90 Å². The van der Waals surface area contributed by atoms with E-state index in [1.54, 1.807) is 0 Å². The van der Waals surface area contributed by atoms with Gasteiger partial charge in [-0.15, -0.1) is 0 Å². The predicted molar refractivity (Wildman–Crippen MR) is 53.1 cm³/mol. The SMILES string of the molecule is COC(=O)C(CC(O)CBr)NP. The van der Waals surface area contributed by atoms with Crippen LogP contribution in [0.2, 0.25) is 0 Å². The number of halogens is 1. The molecule has 0 spiro atoms. The number of carbonyl (C=O) groups is 1. The van der Waals surface area contributed by atoms with Crippen molar-refractivity contribution in [3.63, 3.8) is 0 Å². The first kappa shape index (κ1) is 12.3. The lowest BCUT2D eigenvalue weighted by Crippen LogP contribution is -2.35. The lowest BCUT2D eigenvalue weighted by atomic mass is 10.1. The first-order valence-corrected chi connectivity index (χ1v) is 5.13. The van der Waals surface area contributed by atoms with Crippen LogP contribution in [0.4, 0.5) is 0 Å². The van der Waals surface area contributed by atoms with Gasteiger partial charge in [-0.25, -0.2) is 0 Å². The summed E-state index contributed by atoms with van der Waals surface area (Å²) in [5, 5.41) is 12.3. The minimum absolute atomic E-state index is 0.335. The van der Waals surface area contributed by atoms with Crippen molar-refractivity contribution in [1.29, 1.82) is 0 Å². The van der Waals surface area contributed by atoms with Crippen molar-refractivity contribution >= 4 is 31.3 Å². The highest BCUT2D eigenvalue weighted by molar-refractivity contribution is 9.09. The minimum Gasteiger partial charge on any atom is -0.468 e. The molecule has 0 rings (SSSR count). The van der Waals surface area contributed by atoms with Gasteiger partial charge in [0, 0.05) is 11.8 Å². The third-order valence-corrected chi connectivity index (χ3v) is 2.52. The van der Waals surface area contributed by atoms with Crippen LogP contribution in [0, 0.1) is 0 Å². The zero-order valence-electron chi connectivity index (χ0n) is 6.79. The fourth-order valence-electron chi connectivity index (χ4n) is 0.710. The van der Waals surface area contributed by atoms with Crippen LogP contribution in [0.3, 0.4) is 0 Å². The highest BCUT2D eigenvalue weighted by Gasteiger charge is 2.20. The molecule has 0 aromatic carbocycles. The zero-order valence-corrected chi connectivity index (χ0v) is 9.53. The van der Waals surface area contributed by atoms with Gasteiger partial charge in [0.25, 0.3) is 0 Å². The molecule has 3 unspecified atom stereocenters. The van der Waals surface area contributed by atoms with Gasteiger partial charge in [-0.05, 0) is 0 Å². The molecule has 0 aliphatic rings. The average Bonchev–Trinajstić information content (AvgIpc) is 2.12. The van der Waals surface area contributed by atoms with Crippen molar-refractivity contribution in [2.45, 2.75) is 18.6 Å². The van der Waals surface area contributed by atoms with Crippen molar-refractivity contribution in [1.82, 2.24) is 5.09 Å². The van der Waals surface area contributed by atoms with Crippen LogP contribution >= 0.6 is 25.3 Å². The van der Waals surface area contributed by atoms with Crippen LogP contribution in [0.15, 0.2) is 0 Å². The van der Waals surface area contributed by atoms with Gasteiger partial charge in [-0.3, -0.25) is 9.88 Å². The lowest BCUT2D eigenvalue weighted by molar-refractivity contribution is -0.143. The summed E-state index contributed by atoms with van der Waals surface area (Å²) in [5.74, 6) is -0.370. The summed E-state index contributed by atoms with van der Waals surface area (Å²) in [6.07, 6.45) is -0.205. The molecule has 12 heavy (non-hydrogen) atoms. The van der Waals surface area contributed by atoms with Crippen molar-refractivity contribution in [3.8, 4) is 0 Å². The number of esters is 1. The Hall–Kier alpha value is 0.300. The van der Waals surface area contributed by atoms with Crippen LogP contribution in [0.25, 0.3) is 0 Å². The summed E-state index contributed by atoms with van der Waals surface area (Å²) in [6, 6.07) is -0.465. The monoisotopic (exact) mass is 257 g/mol. The van der Waals surface area contributed by atoms with Gasteiger partial charge in [0.2, 0.25) is 0 Å². The maximum atomic E-state index is 11.0. The zero-order chi connectivity index (χ0) is 9.56. The second-order valence-corrected chi connectivity index (χ2v) is 3.27. The third-order valence-electron chi connectivity index (χ3n) is 1.37. The number of aliphatic hydroxyl groups excluding tert-OH is 1. The standard InChI is InChI=1S/C6H13BrNO3P/c1-11-6(10)5(8-12)2-4(9)3-7/h4-5,8-9H,2-3,12H2,1H3. The van der Waals surface area contributed by atoms with Crippen LogP contribution in [0.5, 0.6) is 0 Å². The van der Waals surface area contributed by atoms with E-state index in [-0.39, 0.29) is 5.97 Å². The molecule has 0 aromatic heterocycles. The largest absolute Gasteiger partial charge is 0.468 e. The first-order valence-electron chi connectivity index (χ1n) is 3.43. The molecule has 0 amide bonds. The van der Waals surface area contributed by atoms with Crippen molar-refractivity contribution in [2.75, 3.05) is 12.4 Å². The molecule has 0 fully saturated rings. The fourth-order valence-corrected chi connectivity index (χ4v) is 1.25. The van der Waals surface area contributed by atoms with Gasteiger partial charge in [0.05, 0.1) is 13.2 Å². The predicted octanol–water partition coefficient (Wildman–Crippen LogP) is 0.0536. The molecule has 0 heterocycles. The Morgan fingerprint density at radius 3 is 2.75 bits per heavy atom. The van der Waals surface area contributed by atoms with Crippen LogP contribution in [-0.4, -0.2) is 35.7 Å². The molecule has 0 saturated heterocycles. The number of alkyl halides is 1. The van der Waals surface area contributed by atoms with E-state index in [0.717, 1.165) is 0 Å². The molecule has 0 aliphatic heterocycles. The summed E-state index contributed by atoms with van der Waals surface area (Å²) < 4.78 is 4.51. The Bertz CT molecular complexity index is 147. The molecule has 2 N–H and O–H groups in total. The molecule has 4 nitrogen and oxygen atoms in total. The van der Waals surface area contributed by atoms with Crippen molar-refractivity contribution in [2.24, 2.45) is 0 Å². The van der Waals surface area contributed by atoms with E-state index >= 15 is 0 Å². The number of rotatable bonds is 5. The molecule has 6 heteroatoms. The summed E-state index contributed by atoms with van der Waals surface area (Å²) in [4.78, 5) is 11.0. The third kappa shape index (κ3) is 4.36. The van der Waals surface area contributed by atoms with E-state index < -0.39 is 12.1 Å². The first-order chi connectivity index (χ1) is 5.65. The molecule has 0 aliphatic carbocycles. The molecule has 0 aromatic rings. The second kappa shape index (κ2) is 6.78. The van der Waals surface area contributed by atoms with E-state index in [2.05, 4.69) is 35.1 Å². The Labute approximate surface area is 82.4 Å². The quantitative estimate of drug-likeness (QED) is 0.415. The number of carbonyl (C=O) groups excluding carboxylic acids is 1. The highest BCUT2D eigenvalue weighted by Crippen LogP contribution is 2.04. The summed E-state index contributed by atoms with van der Waals surface area (Å²) >= 11 is 3.11. The van der Waals surface area contributed by atoms with E-state index in [0.29, 0.717) is 11.8 Å². The molecule has 0 radical (unpaired) electrons. The van der Waals surface area contributed by atoms with Gasteiger partial charge >= 0.3 is 5.97 Å². The number of nitrogens with one attached hydrogen (secondary N) is 1. The number of hydrogen-bond donors (Lipinski definition) is 2. The maximum absolute atomic E-state index is 11.0. The fraction of sp³-hybridized carbons (Fsp3) is 0.833. The van der Waals surface area contributed by atoms with E-state index in [1.165, 1.54) is 7.11 Å². The Morgan fingerprint density at radius 2 is 2.42 bits per heavy atom. The van der Waals surface area contributed by atoms with Gasteiger partial charge in [0.15, 0.2) is 0 Å². The summed E-state index contributed by atoms with van der Waals surface area (Å²) in [5.41, 5.74) is 0. The van der Waals surface area contributed by atoms with Crippen molar-refractivity contribution in [3.05, 3.63) is 0 Å². The molecule has 0 bridgehead atoms. The molecule has 0 saturated carbocycles. The van der Waals surface area contributed by atoms with Crippen molar-refractivity contribution < 1.29 is 14.6 Å². The molecular formula is C6H13BrNO3P. The second-order valence-electron chi connectivity index (χ2n) is 2.29. The maximum Gasteiger partial charge on any atom is 0.323 e. The Kier molecular flexibility index (Phi) is 6.95. The molecule has 72 valence electrons. The Balaban J connectivity index is 3.90. The number of hydrogen-bond acceptors (Lipinski definition) is 4. The van der Waals surface area contributed by atoms with Gasteiger partial charge < -0.3 is 9.84 Å². The molecule has 3 atom stereocenters. The number of methoxy groups -OCH3 is 1. The van der Waals surface area contributed by atoms with Crippen LogP contribution in [-0.2, 0) is 9.53 Å². The van der Waals surface area contributed by atoms with Crippen LogP contribution in [0.1, 0.15) is 6.42 Å². The topological polar surface area (TPSA) is 58.6 Å². The van der Waals surface area contributed by atoms with E-state index in [4.69, 9.17) is 0 Å². The summed E-state index contributed by atoms with van der Waals surface area (Å²) in [7, 11) is 3.54. The van der Waals surface area contributed by atoms with E-state index in [1.807, 2.05) is 0 Å². The van der Waals surface area contributed by atoms with Gasteiger partial charge in [0.1, 0.15) is 6.04 Å². The number of aliphatic hydroxyl groups is 1. The molecular weight excluding hydrogens is 245 g/mol. The average molecular weight is 258 g/mol. The van der Waals surface area contributed by atoms with Crippen LogP contribution < -0.4 is 5.09 Å². The summed E-state index contributed by atoms with van der Waals surface area (Å²) in [6.45, 7) is 0.